The van der Waals surface area contributed by atoms with Gasteiger partial charge in [0.05, 0.1) is 23.1 Å². The standard InChI is InChI=1S/C10H10N4O2S/c1-5-4-16-10(14-5)17-9-7(8(12)15)2-6(11)3-13-9/h2-4H,11H2,1H3,(H2,12,15). The molecule has 6 nitrogen and oxygen atoms in total. The molecule has 0 aliphatic heterocycles. The molecule has 0 bridgehead atoms. The maximum absolute atomic E-state index is 11.2. The fourth-order valence-electron chi connectivity index (χ4n) is 1.19. The largest absolute Gasteiger partial charge is 0.439 e. The fraction of sp³-hybridized carbons (Fsp3) is 0.100. The van der Waals surface area contributed by atoms with E-state index in [-0.39, 0.29) is 5.56 Å². The number of aryl methyl sites for hydroxylation is 1. The van der Waals surface area contributed by atoms with Crippen molar-refractivity contribution in [3.63, 3.8) is 0 Å². The summed E-state index contributed by atoms with van der Waals surface area (Å²) in [6, 6.07) is 1.48. The zero-order valence-electron chi connectivity index (χ0n) is 9.01. The van der Waals surface area contributed by atoms with Gasteiger partial charge in [-0.2, -0.15) is 0 Å². The lowest BCUT2D eigenvalue weighted by Gasteiger charge is -2.03. The number of hydrogen-bond acceptors (Lipinski definition) is 6. The number of nitrogens with two attached hydrogens (primary N) is 2. The molecule has 88 valence electrons. The first kappa shape index (κ1) is 11.5. The van der Waals surface area contributed by atoms with Crippen LogP contribution in [0.15, 0.2) is 33.2 Å². The van der Waals surface area contributed by atoms with E-state index in [0.29, 0.717) is 15.9 Å². The molecule has 0 radical (unpaired) electrons. The lowest BCUT2D eigenvalue weighted by atomic mass is 10.2. The zero-order chi connectivity index (χ0) is 12.4. The maximum Gasteiger partial charge on any atom is 0.262 e. The molecule has 0 aromatic carbocycles. The summed E-state index contributed by atoms with van der Waals surface area (Å²) in [4.78, 5) is 19.4. The number of primary amides is 1. The Balaban J connectivity index is 2.35. The van der Waals surface area contributed by atoms with Crippen LogP contribution in [0.2, 0.25) is 0 Å². The maximum atomic E-state index is 11.2. The van der Waals surface area contributed by atoms with Crippen LogP contribution in [-0.2, 0) is 0 Å². The third-order valence-electron chi connectivity index (χ3n) is 1.92. The van der Waals surface area contributed by atoms with E-state index in [1.807, 2.05) is 0 Å². The van der Waals surface area contributed by atoms with Crippen molar-refractivity contribution < 1.29 is 9.21 Å². The number of oxazole rings is 1. The van der Waals surface area contributed by atoms with E-state index in [1.165, 1.54) is 18.5 Å². The van der Waals surface area contributed by atoms with Crippen molar-refractivity contribution in [3.05, 3.63) is 29.8 Å². The van der Waals surface area contributed by atoms with Crippen molar-refractivity contribution >= 4 is 23.4 Å². The number of amides is 1. The molecule has 2 aromatic heterocycles. The first-order valence-electron chi connectivity index (χ1n) is 4.71. The fourth-order valence-corrected chi connectivity index (χ4v) is 2.01. The van der Waals surface area contributed by atoms with E-state index in [0.717, 1.165) is 17.5 Å². The smallest absolute Gasteiger partial charge is 0.262 e. The summed E-state index contributed by atoms with van der Waals surface area (Å²) in [5.74, 6) is -0.587. The minimum Gasteiger partial charge on any atom is -0.439 e. The zero-order valence-corrected chi connectivity index (χ0v) is 9.82. The van der Waals surface area contributed by atoms with Crippen LogP contribution in [0.3, 0.4) is 0 Å². The first-order valence-corrected chi connectivity index (χ1v) is 5.53. The molecule has 0 aliphatic rings. The van der Waals surface area contributed by atoms with Gasteiger partial charge in [0, 0.05) is 0 Å². The predicted molar refractivity (Wildman–Crippen MR) is 62.5 cm³/mol. The molecule has 4 N–H and O–H groups in total. The van der Waals surface area contributed by atoms with Gasteiger partial charge in [-0.05, 0) is 24.8 Å². The summed E-state index contributed by atoms with van der Waals surface area (Å²) in [5.41, 5.74) is 12.2. The van der Waals surface area contributed by atoms with Gasteiger partial charge >= 0.3 is 0 Å². The van der Waals surface area contributed by atoms with Gasteiger partial charge in [-0.15, -0.1) is 0 Å². The molecule has 0 fully saturated rings. The molecule has 7 heteroatoms. The second kappa shape index (κ2) is 4.46. The van der Waals surface area contributed by atoms with Gasteiger partial charge in [-0.1, -0.05) is 0 Å². The Hall–Kier alpha value is -2.02. The van der Waals surface area contributed by atoms with Gasteiger partial charge in [0.25, 0.3) is 11.1 Å². The number of hydrogen-bond donors (Lipinski definition) is 2. The van der Waals surface area contributed by atoms with Crippen molar-refractivity contribution in [1.82, 2.24) is 9.97 Å². The minimum absolute atomic E-state index is 0.255. The number of aromatic nitrogens is 2. The molecular formula is C10H10N4O2S. The predicted octanol–water partition coefficient (Wildman–Crippen LogP) is 1.21. The Bertz CT molecular complexity index is 567. The number of nitrogens with zero attached hydrogens (tertiary/aromatic N) is 2. The molecule has 2 aromatic rings. The summed E-state index contributed by atoms with van der Waals surface area (Å²) >= 11 is 1.13. The highest BCUT2D eigenvalue weighted by molar-refractivity contribution is 7.99. The highest BCUT2D eigenvalue weighted by Crippen LogP contribution is 2.28. The Labute approximate surface area is 101 Å². The Morgan fingerprint density at radius 2 is 2.29 bits per heavy atom. The van der Waals surface area contributed by atoms with Gasteiger partial charge in [-0.25, -0.2) is 9.97 Å². The molecule has 2 heterocycles. The number of pyridine rings is 1. The van der Waals surface area contributed by atoms with Crippen LogP contribution in [0.25, 0.3) is 0 Å². The molecule has 0 saturated carbocycles. The van der Waals surface area contributed by atoms with E-state index < -0.39 is 5.91 Å². The van der Waals surface area contributed by atoms with Crippen LogP contribution < -0.4 is 11.5 Å². The molecule has 2 rings (SSSR count). The van der Waals surface area contributed by atoms with E-state index in [4.69, 9.17) is 15.9 Å². The van der Waals surface area contributed by atoms with Crippen molar-refractivity contribution in [2.24, 2.45) is 5.73 Å². The third kappa shape index (κ3) is 2.56. The van der Waals surface area contributed by atoms with Crippen LogP contribution >= 0.6 is 11.8 Å². The summed E-state index contributed by atoms with van der Waals surface area (Å²) in [6.07, 6.45) is 2.97. The van der Waals surface area contributed by atoms with Crippen LogP contribution in [-0.4, -0.2) is 15.9 Å². The van der Waals surface area contributed by atoms with Gasteiger partial charge < -0.3 is 15.9 Å². The average molecular weight is 250 g/mol. The third-order valence-corrected chi connectivity index (χ3v) is 2.80. The lowest BCUT2D eigenvalue weighted by Crippen LogP contribution is -2.13. The van der Waals surface area contributed by atoms with Crippen molar-refractivity contribution in [2.45, 2.75) is 17.2 Å². The normalized spacial score (nSPS) is 10.4. The molecule has 0 saturated heterocycles. The number of nitrogen functional groups attached to an aromatic ring is 1. The SMILES string of the molecule is Cc1coc(Sc2ncc(N)cc2C(N)=O)n1. The summed E-state index contributed by atoms with van der Waals surface area (Å²) < 4.78 is 5.16. The van der Waals surface area contributed by atoms with Crippen LogP contribution in [0.4, 0.5) is 5.69 Å². The van der Waals surface area contributed by atoms with Crippen molar-refractivity contribution in [2.75, 3.05) is 5.73 Å². The topological polar surface area (TPSA) is 108 Å². The van der Waals surface area contributed by atoms with Gasteiger partial charge in [0.1, 0.15) is 11.3 Å². The van der Waals surface area contributed by atoms with Gasteiger partial charge in [0.15, 0.2) is 0 Å². The van der Waals surface area contributed by atoms with E-state index in [2.05, 4.69) is 9.97 Å². The Morgan fingerprint density at radius 1 is 1.53 bits per heavy atom. The summed E-state index contributed by atoms with van der Waals surface area (Å²) in [7, 11) is 0. The molecule has 17 heavy (non-hydrogen) atoms. The van der Waals surface area contributed by atoms with Crippen molar-refractivity contribution in [1.29, 1.82) is 0 Å². The van der Waals surface area contributed by atoms with Crippen LogP contribution in [0.5, 0.6) is 0 Å². The number of rotatable bonds is 3. The van der Waals surface area contributed by atoms with E-state index >= 15 is 0 Å². The van der Waals surface area contributed by atoms with Gasteiger partial charge in [-0.3, -0.25) is 4.79 Å². The minimum atomic E-state index is -0.587. The molecule has 0 aliphatic carbocycles. The van der Waals surface area contributed by atoms with E-state index in [9.17, 15) is 4.79 Å². The van der Waals surface area contributed by atoms with Crippen molar-refractivity contribution in [3.8, 4) is 0 Å². The van der Waals surface area contributed by atoms with E-state index in [1.54, 1.807) is 6.92 Å². The van der Waals surface area contributed by atoms with Crippen LogP contribution in [0.1, 0.15) is 16.1 Å². The summed E-state index contributed by atoms with van der Waals surface area (Å²) in [5, 5.41) is 0.829. The molecular weight excluding hydrogens is 240 g/mol. The monoisotopic (exact) mass is 250 g/mol. The molecule has 0 spiro atoms. The molecule has 1 amide bonds. The number of anilines is 1. The number of carbonyl (C=O) groups excluding carboxylic acids is 1. The van der Waals surface area contributed by atoms with Crippen LogP contribution in [0, 0.1) is 6.92 Å². The Morgan fingerprint density at radius 3 is 2.88 bits per heavy atom. The second-order valence-corrected chi connectivity index (χ2v) is 4.28. The second-order valence-electron chi connectivity index (χ2n) is 3.34. The lowest BCUT2D eigenvalue weighted by molar-refractivity contribution is 0.0997. The molecule has 0 atom stereocenters. The highest BCUT2D eigenvalue weighted by Gasteiger charge is 2.14. The number of carbonyl (C=O) groups is 1. The van der Waals surface area contributed by atoms with Gasteiger partial charge in [0.2, 0.25) is 0 Å². The Kier molecular flexibility index (Phi) is 3.01. The quantitative estimate of drug-likeness (QED) is 0.847. The first-order chi connectivity index (χ1) is 8.06. The molecule has 0 unspecified atom stereocenters. The summed E-state index contributed by atoms with van der Waals surface area (Å²) in [6.45, 7) is 1.80. The average Bonchev–Trinajstić information content (AvgIpc) is 2.66. The highest BCUT2D eigenvalue weighted by atomic mass is 32.2.